The van der Waals surface area contributed by atoms with Crippen LogP contribution in [0, 0.1) is 5.92 Å². The fourth-order valence-electron chi connectivity index (χ4n) is 4.85. The molecular formula is C21H38N4O6S. The lowest BCUT2D eigenvalue weighted by Crippen LogP contribution is -2.59. The van der Waals surface area contributed by atoms with Gasteiger partial charge in [-0.2, -0.15) is 17.0 Å². The van der Waals surface area contributed by atoms with Gasteiger partial charge < -0.3 is 14.4 Å². The largest absolute Gasteiger partial charge is 0.466 e. The van der Waals surface area contributed by atoms with E-state index in [4.69, 9.17) is 9.47 Å². The van der Waals surface area contributed by atoms with Crippen LogP contribution in [-0.4, -0.2) is 116 Å². The molecular weight excluding hydrogens is 436 g/mol. The number of piperazine rings is 1. The summed E-state index contributed by atoms with van der Waals surface area (Å²) < 4.78 is 40.0. The quantitative estimate of drug-likeness (QED) is 0.505. The molecule has 0 bridgehead atoms. The van der Waals surface area contributed by atoms with Gasteiger partial charge in [-0.1, -0.05) is 0 Å². The predicted octanol–water partition coefficient (Wildman–Crippen LogP) is 0.148. The van der Waals surface area contributed by atoms with Gasteiger partial charge in [-0.15, -0.1) is 0 Å². The highest BCUT2D eigenvalue weighted by Gasteiger charge is 2.39. The number of hydrogen-bond acceptors (Lipinski definition) is 7. The van der Waals surface area contributed by atoms with Gasteiger partial charge in [-0.05, 0) is 40.5 Å². The Kier molecular flexibility index (Phi) is 8.53. The molecule has 0 aromatic carbocycles. The van der Waals surface area contributed by atoms with Crippen molar-refractivity contribution in [2.45, 2.75) is 58.8 Å². The summed E-state index contributed by atoms with van der Waals surface area (Å²) in [5.41, 5.74) is 0. The van der Waals surface area contributed by atoms with E-state index in [1.807, 2.05) is 25.7 Å². The molecule has 0 aromatic heterocycles. The van der Waals surface area contributed by atoms with Gasteiger partial charge in [0.1, 0.15) is 0 Å². The summed E-state index contributed by atoms with van der Waals surface area (Å²) in [6, 6.07) is -0.357. The summed E-state index contributed by atoms with van der Waals surface area (Å²) in [6.45, 7) is 11.2. The minimum atomic E-state index is -3.55. The van der Waals surface area contributed by atoms with Crippen molar-refractivity contribution in [1.82, 2.24) is 18.4 Å². The van der Waals surface area contributed by atoms with E-state index in [-0.39, 0.29) is 36.0 Å². The molecule has 3 fully saturated rings. The van der Waals surface area contributed by atoms with Crippen LogP contribution in [0.5, 0.6) is 0 Å². The molecule has 0 radical (unpaired) electrons. The summed E-state index contributed by atoms with van der Waals surface area (Å²) in [6.07, 6.45) is 1.27. The van der Waals surface area contributed by atoms with Crippen molar-refractivity contribution in [3.8, 4) is 0 Å². The molecule has 11 heteroatoms. The van der Waals surface area contributed by atoms with Gasteiger partial charge in [0.2, 0.25) is 5.91 Å². The van der Waals surface area contributed by atoms with Crippen LogP contribution in [0.3, 0.4) is 0 Å². The average Bonchev–Trinajstić information content (AvgIpc) is 2.77. The third-order valence-electron chi connectivity index (χ3n) is 6.57. The van der Waals surface area contributed by atoms with Gasteiger partial charge in [-0.25, -0.2) is 0 Å². The number of nitrogens with zero attached hydrogens (tertiary/aromatic N) is 4. The van der Waals surface area contributed by atoms with Crippen molar-refractivity contribution in [1.29, 1.82) is 0 Å². The van der Waals surface area contributed by atoms with Crippen LogP contribution in [0.2, 0.25) is 0 Å². The first-order chi connectivity index (χ1) is 15.1. The highest BCUT2D eigenvalue weighted by atomic mass is 32.2. The highest BCUT2D eigenvalue weighted by Crippen LogP contribution is 2.22. The van der Waals surface area contributed by atoms with Gasteiger partial charge >= 0.3 is 5.97 Å². The molecule has 3 saturated heterocycles. The van der Waals surface area contributed by atoms with Gasteiger partial charge in [0.25, 0.3) is 10.2 Å². The first-order valence-electron chi connectivity index (χ1n) is 11.7. The van der Waals surface area contributed by atoms with E-state index >= 15 is 0 Å². The van der Waals surface area contributed by atoms with E-state index < -0.39 is 10.2 Å². The van der Waals surface area contributed by atoms with Crippen LogP contribution >= 0.6 is 0 Å². The standard InChI is InChI=1S/C21H38N4O6S/c1-5-30-21(27)19-7-6-8-23(15-19)20(26)18(4)22-9-11-24(12-10-22)32(28,29)25-13-16(2)31-17(3)14-25/h16-19H,5-15H2,1-4H3. The van der Waals surface area contributed by atoms with Gasteiger partial charge in [0.05, 0.1) is 30.8 Å². The number of morpholine rings is 1. The van der Waals surface area contributed by atoms with Crippen molar-refractivity contribution < 1.29 is 27.5 Å². The number of rotatable bonds is 6. The zero-order valence-corrected chi connectivity index (χ0v) is 20.6. The van der Waals surface area contributed by atoms with E-state index in [2.05, 4.69) is 0 Å². The summed E-state index contributed by atoms with van der Waals surface area (Å²) in [5.74, 6) is -0.505. The molecule has 0 aromatic rings. The monoisotopic (exact) mass is 474 g/mol. The number of likely N-dealkylation sites (tertiary alicyclic amines) is 1. The molecule has 3 heterocycles. The molecule has 0 N–H and O–H groups in total. The third-order valence-corrected chi connectivity index (χ3v) is 8.54. The average molecular weight is 475 g/mol. The minimum Gasteiger partial charge on any atom is -0.466 e. The Morgan fingerprint density at radius 1 is 1.00 bits per heavy atom. The van der Waals surface area contributed by atoms with E-state index in [9.17, 15) is 18.0 Å². The Morgan fingerprint density at radius 2 is 1.62 bits per heavy atom. The first kappa shape index (κ1) is 25.4. The second-order valence-electron chi connectivity index (χ2n) is 9.07. The van der Waals surface area contributed by atoms with E-state index in [1.165, 1.54) is 8.61 Å². The SMILES string of the molecule is CCOC(=O)C1CCCN(C(=O)C(C)N2CCN(S(=O)(=O)N3CC(C)OC(C)C3)CC2)C1. The molecule has 4 atom stereocenters. The van der Waals surface area contributed by atoms with Crippen molar-refractivity contribution in [3.63, 3.8) is 0 Å². The normalized spacial score (nSPS) is 30.1. The summed E-state index contributed by atoms with van der Waals surface area (Å²) in [7, 11) is -3.55. The summed E-state index contributed by atoms with van der Waals surface area (Å²) >= 11 is 0. The van der Waals surface area contributed by atoms with Crippen LogP contribution in [0.1, 0.15) is 40.5 Å². The van der Waals surface area contributed by atoms with E-state index in [0.29, 0.717) is 59.0 Å². The topological polar surface area (TPSA) is 99.7 Å². The zero-order chi connectivity index (χ0) is 23.5. The Morgan fingerprint density at radius 3 is 2.22 bits per heavy atom. The van der Waals surface area contributed by atoms with Crippen LogP contribution < -0.4 is 0 Å². The molecule has 184 valence electrons. The molecule has 4 unspecified atom stereocenters. The molecule has 3 aliphatic rings. The minimum absolute atomic E-state index is 0.00821. The third kappa shape index (κ3) is 5.80. The molecule has 32 heavy (non-hydrogen) atoms. The Hall–Kier alpha value is -1.27. The van der Waals surface area contributed by atoms with Gasteiger partial charge in [0.15, 0.2) is 0 Å². The number of carbonyl (C=O) groups is 2. The van der Waals surface area contributed by atoms with E-state index in [0.717, 1.165) is 12.8 Å². The lowest BCUT2D eigenvalue weighted by molar-refractivity contribution is -0.152. The van der Waals surface area contributed by atoms with Gasteiger partial charge in [0, 0.05) is 52.4 Å². The van der Waals surface area contributed by atoms with Crippen LogP contribution in [-0.2, 0) is 29.3 Å². The fraction of sp³-hybridized carbons (Fsp3) is 0.905. The molecule has 0 saturated carbocycles. The highest BCUT2D eigenvalue weighted by molar-refractivity contribution is 7.86. The number of ether oxygens (including phenoxy) is 2. The molecule has 0 aliphatic carbocycles. The molecule has 3 rings (SSSR count). The van der Waals surface area contributed by atoms with Crippen molar-refractivity contribution >= 4 is 22.1 Å². The number of hydrogen-bond donors (Lipinski definition) is 0. The van der Waals surface area contributed by atoms with Gasteiger partial charge in [-0.3, -0.25) is 14.5 Å². The first-order valence-corrected chi connectivity index (χ1v) is 13.1. The summed E-state index contributed by atoms with van der Waals surface area (Å²) in [4.78, 5) is 29.0. The van der Waals surface area contributed by atoms with Crippen LogP contribution in [0.4, 0.5) is 0 Å². The Balaban J connectivity index is 1.54. The second kappa shape index (κ2) is 10.8. The predicted molar refractivity (Wildman–Crippen MR) is 119 cm³/mol. The lowest BCUT2D eigenvalue weighted by atomic mass is 9.97. The van der Waals surface area contributed by atoms with Crippen molar-refractivity contribution in [3.05, 3.63) is 0 Å². The number of carbonyl (C=O) groups excluding carboxylic acids is 2. The van der Waals surface area contributed by atoms with Crippen LogP contribution in [0.25, 0.3) is 0 Å². The molecule has 10 nitrogen and oxygen atoms in total. The zero-order valence-electron chi connectivity index (χ0n) is 19.7. The summed E-state index contributed by atoms with van der Waals surface area (Å²) in [5, 5.41) is 0. The smallest absolute Gasteiger partial charge is 0.310 e. The Bertz CT molecular complexity index is 760. The molecule has 1 amide bonds. The Labute approximate surface area is 192 Å². The number of piperidine rings is 1. The molecule has 3 aliphatic heterocycles. The maximum Gasteiger partial charge on any atom is 0.310 e. The number of esters is 1. The second-order valence-corrected chi connectivity index (χ2v) is 11.0. The molecule has 0 spiro atoms. The lowest BCUT2D eigenvalue weighted by Gasteiger charge is -2.42. The van der Waals surface area contributed by atoms with Crippen molar-refractivity contribution in [2.24, 2.45) is 5.92 Å². The number of amides is 1. The van der Waals surface area contributed by atoms with E-state index in [1.54, 1.807) is 11.8 Å². The van der Waals surface area contributed by atoms with Crippen LogP contribution in [0.15, 0.2) is 0 Å². The maximum atomic E-state index is 13.1. The van der Waals surface area contributed by atoms with Crippen molar-refractivity contribution in [2.75, 3.05) is 59.0 Å². The fourth-order valence-corrected chi connectivity index (χ4v) is 6.60. The maximum absolute atomic E-state index is 13.1.